The van der Waals surface area contributed by atoms with E-state index in [-0.39, 0.29) is 0 Å². The van der Waals surface area contributed by atoms with E-state index in [9.17, 15) is 9.90 Å². The van der Waals surface area contributed by atoms with Crippen LogP contribution in [0.25, 0.3) is 0 Å². The lowest BCUT2D eigenvalue weighted by atomic mass is 10.1. The molecule has 1 aromatic heterocycles. The highest BCUT2D eigenvalue weighted by molar-refractivity contribution is 5.74. The van der Waals surface area contributed by atoms with Crippen molar-refractivity contribution in [3.05, 3.63) is 18.0 Å². The van der Waals surface area contributed by atoms with Crippen LogP contribution in [-0.2, 0) is 4.79 Å². The van der Waals surface area contributed by atoms with E-state index in [1.807, 2.05) is 0 Å². The van der Waals surface area contributed by atoms with E-state index in [0.29, 0.717) is 5.69 Å². The van der Waals surface area contributed by atoms with Gasteiger partial charge in [0.2, 0.25) is 0 Å². The van der Waals surface area contributed by atoms with E-state index in [2.05, 4.69) is 10.2 Å². The van der Waals surface area contributed by atoms with Crippen LogP contribution in [-0.4, -0.2) is 32.4 Å². The number of aliphatic carboxylic acids is 1. The van der Waals surface area contributed by atoms with Crippen molar-refractivity contribution in [2.45, 2.75) is 12.1 Å². The summed E-state index contributed by atoms with van der Waals surface area (Å²) in [6, 6.07) is 0.137. The predicted octanol–water partition coefficient (Wildman–Crippen LogP) is -1.15. The minimum absolute atomic E-state index is 0.296. The zero-order valence-electron chi connectivity index (χ0n) is 6.14. The van der Waals surface area contributed by atoms with Gasteiger partial charge in [0.25, 0.3) is 0 Å². The molecule has 0 aliphatic heterocycles. The third-order valence-electron chi connectivity index (χ3n) is 1.47. The van der Waals surface area contributed by atoms with Gasteiger partial charge in [-0.3, -0.25) is 9.89 Å². The Balaban J connectivity index is 2.71. The second-order valence-electron chi connectivity index (χ2n) is 2.32. The van der Waals surface area contributed by atoms with Crippen molar-refractivity contribution in [3.8, 4) is 0 Å². The fourth-order valence-corrected chi connectivity index (χ4v) is 0.760. The molecule has 1 heterocycles. The van der Waals surface area contributed by atoms with Crippen molar-refractivity contribution < 1.29 is 15.0 Å². The summed E-state index contributed by atoms with van der Waals surface area (Å²) in [5.74, 6) is -1.25. The number of nitrogens with two attached hydrogens (primary N) is 1. The minimum atomic E-state index is -1.33. The quantitative estimate of drug-likeness (QED) is 0.459. The zero-order chi connectivity index (χ0) is 9.14. The van der Waals surface area contributed by atoms with Crippen LogP contribution in [0.1, 0.15) is 11.8 Å². The lowest BCUT2D eigenvalue weighted by molar-refractivity contribution is -0.141. The molecule has 2 unspecified atom stereocenters. The first-order valence-corrected chi connectivity index (χ1v) is 3.28. The van der Waals surface area contributed by atoms with Crippen LogP contribution in [0.5, 0.6) is 0 Å². The van der Waals surface area contributed by atoms with Crippen molar-refractivity contribution in [2.75, 3.05) is 0 Å². The number of aromatic amines is 1. The van der Waals surface area contributed by atoms with Gasteiger partial charge in [0.05, 0.1) is 5.69 Å². The number of carbonyl (C=O) groups is 1. The van der Waals surface area contributed by atoms with Crippen molar-refractivity contribution in [1.82, 2.24) is 10.2 Å². The van der Waals surface area contributed by atoms with Gasteiger partial charge in [0.15, 0.2) is 0 Å². The Hall–Kier alpha value is -1.40. The van der Waals surface area contributed by atoms with Crippen LogP contribution in [0.15, 0.2) is 12.3 Å². The number of rotatable bonds is 3. The fraction of sp³-hybridized carbons (Fsp3) is 0.333. The van der Waals surface area contributed by atoms with Crippen LogP contribution in [0.3, 0.4) is 0 Å². The standard InChI is InChI=1S/C6H9N3O3/c7-4(6(11)12)5(10)3-1-2-8-9-3/h1-2,4-5,10H,7H2,(H,8,9)(H,11,12). The van der Waals surface area contributed by atoms with Crippen LogP contribution >= 0.6 is 0 Å². The van der Waals surface area contributed by atoms with Gasteiger partial charge in [-0.15, -0.1) is 0 Å². The number of nitrogens with one attached hydrogen (secondary N) is 1. The van der Waals surface area contributed by atoms with Crippen molar-refractivity contribution in [2.24, 2.45) is 5.73 Å². The normalized spacial score (nSPS) is 15.5. The van der Waals surface area contributed by atoms with E-state index >= 15 is 0 Å². The topological polar surface area (TPSA) is 112 Å². The van der Waals surface area contributed by atoms with Gasteiger partial charge < -0.3 is 15.9 Å². The molecule has 0 aliphatic carbocycles. The molecular formula is C6H9N3O3. The first-order chi connectivity index (χ1) is 5.63. The number of nitrogens with zero attached hydrogens (tertiary/aromatic N) is 1. The molecule has 0 aromatic carbocycles. The molecule has 0 bridgehead atoms. The monoisotopic (exact) mass is 171 g/mol. The SMILES string of the molecule is NC(C(=O)O)C(O)c1ccn[nH]1. The molecule has 6 nitrogen and oxygen atoms in total. The van der Waals surface area contributed by atoms with Crippen LogP contribution < -0.4 is 5.73 Å². The number of H-pyrrole nitrogens is 1. The molecule has 0 fully saturated rings. The smallest absolute Gasteiger partial charge is 0.323 e. The second kappa shape index (κ2) is 3.33. The Kier molecular flexibility index (Phi) is 2.41. The predicted molar refractivity (Wildman–Crippen MR) is 39.2 cm³/mol. The molecule has 0 radical (unpaired) electrons. The summed E-state index contributed by atoms with van der Waals surface area (Å²) in [5, 5.41) is 23.7. The molecule has 6 heteroatoms. The number of aliphatic hydroxyl groups excluding tert-OH is 1. The first-order valence-electron chi connectivity index (χ1n) is 3.28. The summed E-state index contributed by atoms with van der Waals surface area (Å²) in [4.78, 5) is 10.3. The Morgan fingerprint density at radius 1 is 1.75 bits per heavy atom. The van der Waals surface area contributed by atoms with Gasteiger partial charge in [-0.05, 0) is 6.07 Å². The van der Waals surface area contributed by atoms with E-state index in [1.165, 1.54) is 12.3 Å². The third-order valence-corrected chi connectivity index (χ3v) is 1.47. The molecule has 1 rings (SSSR count). The fourth-order valence-electron chi connectivity index (χ4n) is 0.760. The highest BCUT2D eigenvalue weighted by Gasteiger charge is 2.24. The zero-order valence-corrected chi connectivity index (χ0v) is 6.14. The van der Waals surface area contributed by atoms with Gasteiger partial charge in [-0.25, -0.2) is 0 Å². The number of hydrogen-bond acceptors (Lipinski definition) is 4. The summed E-state index contributed by atoms with van der Waals surface area (Å²) in [7, 11) is 0. The molecule has 0 aliphatic rings. The number of aliphatic hydroxyl groups is 1. The molecule has 1 aromatic rings. The lowest BCUT2D eigenvalue weighted by Crippen LogP contribution is -2.36. The Labute approximate surface area is 68.0 Å². The summed E-state index contributed by atoms with van der Waals surface area (Å²) >= 11 is 0. The molecule has 0 amide bonds. The van der Waals surface area contributed by atoms with Crippen molar-refractivity contribution >= 4 is 5.97 Å². The van der Waals surface area contributed by atoms with Crippen molar-refractivity contribution in [3.63, 3.8) is 0 Å². The molecule has 12 heavy (non-hydrogen) atoms. The van der Waals surface area contributed by atoms with E-state index in [1.54, 1.807) is 0 Å². The van der Waals surface area contributed by atoms with Gasteiger partial charge >= 0.3 is 5.97 Å². The summed E-state index contributed by atoms with van der Waals surface area (Å²) in [5.41, 5.74) is 5.45. The number of hydrogen-bond donors (Lipinski definition) is 4. The van der Waals surface area contributed by atoms with Gasteiger partial charge in [-0.1, -0.05) is 0 Å². The maximum Gasteiger partial charge on any atom is 0.323 e. The van der Waals surface area contributed by atoms with E-state index < -0.39 is 18.1 Å². The van der Waals surface area contributed by atoms with Crippen LogP contribution in [0.2, 0.25) is 0 Å². The highest BCUT2D eigenvalue weighted by atomic mass is 16.4. The Bertz CT molecular complexity index is 259. The average molecular weight is 171 g/mol. The van der Waals surface area contributed by atoms with E-state index in [4.69, 9.17) is 10.8 Å². The Morgan fingerprint density at radius 2 is 2.42 bits per heavy atom. The largest absolute Gasteiger partial charge is 0.480 e. The molecule has 2 atom stereocenters. The minimum Gasteiger partial charge on any atom is -0.480 e. The summed E-state index contributed by atoms with van der Waals surface area (Å²) in [6.45, 7) is 0. The van der Waals surface area contributed by atoms with Crippen LogP contribution in [0.4, 0.5) is 0 Å². The number of carboxylic acids is 1. The van der Waals surface area contributed by atoms with Crippen molar-refractivity contribution in [1.29, 1.82) is 0 Å². The van der Waals surface area contributed by atoms with Gasteiger partial charge in [0.1, 0.15) is 12.1 Å². The second-order valence-corrected chi connectivity index (χ2v) is 2.32. The lowest BCUT2D eigenvalue weighted by Gasteiger charge is -2.11. The molecule has 0 saturated carbocycles. The summed E-state index contributed by atoms with van der Waals surface area (Å²) in [6.07, 6.45) is 0.164. The first kappa shape index (κ1) is 8.69. The number of carboxylic acid groups (broad SMARTS) is 1. The maximum absolute atomic E-state index is 10.3. The highest BCUT2D eigenvalue weighted by Crippen LogP contribution is 2.11. The Morgan fingerprint density at radius 3 is 2.83 bits per heavy atom. The van der Waals surface area contributed by atoms with E-state index in [0.717, 1.165) is 0 Å². The molecule has 66 valence electrons. The molecule has 0 saturated heterocycles. The maximum atomic E-state index is 10.3. The molecule has 0 spiro atoms. The number of aromatic nitrogens is 2. The summed E-state index contributed by atoms with van der Waals surface area (Å²) < 4.78 is 0. The van der Waals surface area contributed by atoms with Gasteiger partial charge in [0, 0.05) is 6.20 Å². The molecule has 5 N–H and O–H groups in total. The third kappa shape index (κ3) is 1.60. The average Bonchev–Trinajstić information content (AvgIpc) is 2.53. The van der Waals surface area contributed by atoms with Gasteiger partial charge in [-0.2, -0.15) is 5.10 Å². The van der Waals surface area contributed by atoms with Crippen LogP contribution in [0, 0.1) is 0 Å². The molecular weight excluding hydrogens is 162 g/mol.